The van der Waals surface area contributed by atoms with Crippen LogP contribution in [0.1, 0.15) is 111 Å². The zero-order valence-electron chi connectivity index (χ0n) is 24.1. The maximum Gasteiger partial charge on any atom is 0.408 e. The lowest BCUT2D eigenvalue weighted by molar-refractivity contribution is -0.142. The number of carbonyl (C=O) groups is 3. The number of nitrogens with zero attached hydrogens (tertiary/aromatic N) is 1. The van der Waals surface area contributed by atoms with Crippen LogP contribution in [0.2, 0.25) is 0 Å². The smallest absolute Gasteiger partial charge is 0.408 e. The van der Waals surface area contributed by atoms with E-state index in [1.165, 1.54) is 0 Å². The molecule has 1 aromatic rings. The number of phenols is 1. The van der Waals surface area contributed by atoms with E-state index in [2.05, 4.69) is 24.5 Å². The van der Waals surface area contributed by atoms with Gasteiger partial charge in [-0.2, -0.15) is 0 Å². The van der Waals surface area contributed by atoms with Crippen LogP contribution in [0.3, 0.4) is 0 Å². The summed E-state index contributed by atoms with van der Waals surface area (Å²) < 4.78 is 5.34. The van der Waals surface area contributed by atoms with Crippen molar-refractivity contribution in [1.29, 1.82) is 0 Å². The molecule has 0 saturated heterocycles. The fourth-order valence-corrected chi connectivity index (χ4v) is 4.20. The van der Waals surface area contributed by atoms with Crippen LogP contribution in [0.5, 0.6) is 5.75 Å². The molecule has 0 spiro atoms. The van der Waals surface area contributed by atoms with E-state index in [0.717, 1.165) is 44.9 Å². The third kappa shape index (κ3) is 11.4. The highest BCUT2D eigenvalue weighted by Gasteiger charge is 2.35. The molecule has 0 bridgehead atoms. The fraction of sp³-hybridized carbons (Fsp3) is 0.690. The van der Waals surface area contributed by atoms with Crippen LogP contribution >= 0.6 is 0 Å². The van der Waals surface area contributed by atoms with Crippen LogP contribution in [0, 0.1) is 6.92 Å². The average molecular weight is 520 g/mol. The number of nitrogens with one attached hydrogen (secondary N) is 2. The van der Waals surface area contributed by atoms with Gasteiger partial charge >= 0.3 is 6.09 Å². The first-order valence-corrected chi connectivity index (χ1v) is 13.7. The van der Waals surface area contributed by atoms with Crippen molar-refractivity contribution < 1.29 is 24.2 Å². The van der Waals surface area contributed by atoms with Gasteiger partial charge < -0.3 is 25.4 Å². The molecule has 0 aliphatic heterocycles. The highest BCUT2D eigenvalue weighted by atomic mass is 16.6. The molecular weight excluding hydrogens is 470 g/mol. The number of phenolic OH excluding ortho intramolecular Hbond substituents is 1. The van der Waals surface area contributed by atoms with Gasteiger partial charge in [-0.15, -0.1) is 0 Å². The Morgan fingerprint density at radius 1 is 1.00 bits per heavy atom. The third-order valence-electron chi connectivity index (χ3n) is 6.10. The van der Waals surface area contributed by atoms with Crippen molar-refractivity contribution in [2.45, 2.75) is 124 Å². The Bertz CT molecular complexity index is 881. The van der Waals surface area contributed by atoms with E-state index >= 15 is 0 Å². The van der Waals surface area contributed by atoms with Gasteiger partial charge in [0.1, 0.15) is 23.4 Å². The molecule has 0 fully saturated rings. The molecule has 210 valence electrons. The molecular formula is C29H49N3O5. The minimum Gasteiger partial charge on any atom is -0.508 e. The second kappa shape index (κ2) is 15.5. The van der Waals surface area contributed by atoms with Crippen LogP contribution in [-0.2, 0) is 14.3 Å². The average Bonchev–Trinajstić information content (AvgIpc) is 2.78. The Morgan fingerprint density at radius 2 is 1.65 bits per heavy atom. The summed E-state index contributed by atoms with van der Waals surface area (Å²) in [6, 6.07) is 3.12. The van der Waals surface area contributed by atoms with Gasteiger partial charge in [0.25, 0.3) is 0 Å². The summed E-state index contributed by atoms with van der Waals surface area (Å²) in [7, 11) is 0. The molecule has 1 rings (SSSR count). The lowest BCUT2D eigenvalue weighted by Crippen LogP contribution is -2.52. The number of ether oxygens (including phenoxy) is 1. The maximum atomic E-state index is 13.8. The summed E-state index contributed by atoms with van der Waals surface area (Å²) in [5.41, 5.74) is 0.530. The van der Waals surface area contributed by atoms with Crippen LogP contribution in [-0.4, -0.2) is 52.1 Å². The largest absolute Gasteiger partial charge is 0.508 e. The molecule has 8 nitrogen and oxygen atoms in total. The molecule has 0 saturated carbocycles. The van der Waals surface area contributed by atoms with Gasteiger partial charge in [-0.05, 0) is 77.6 Å². The summed E-state index contributed by atoms with van der Waals surface area (Å²) in [5, 5.41) is 15.8. The molecule has 0 radical (unpaired) electrons. The Kier molecular flexibility index (Phi) is 13.5. The van der Waals surface area contributed by atoms with E-state index in [0.29, 0.717) is 17.7 Å². The number of unbranched alkanes of at least 4 members (excludes halogenated alkanes) is 4. The summed E-state index contributed by atoms with van der Waals surface area (Å²) in [4.78, 5) is 41.4. The van der Waals surface area contributed by atoms with Crippen LogP contribution in [0.15, 0.2) is 18.2 Å². The summed E-state index contributed by atoms with van der Waals surface area (Å²) in [6.45, 7) is 15.1. The summed E-state index contributed by atoms with van der Waals surface area (Å²) in [6.07, 6.45) is 5.97. The molecule has 3 atom stereocenters. The first-order valence-electron chi connectivity index (χ1n) is 13.7. The number of alkyl carbamates (subject to hydrolysis) is 1. The van der Waals surface area contributed by atoms with E-state index in [1.54, 1.807) is 57.7 Å². The fourth-order valence-electron chi connectivity index (χ4n) is 4.20. The Labute approximate surface area is 223 Å². The number of carbonyl (C=O) groups excluding carboxylic acids is 3. The predicted molar refractivity (Wildman–Crippen MR) is 147 cm³/mol. The van der Waals surface area contributed by atoms with Gasteiger partial charge in [0, 0.05) is 12.6 Å². The van der Waals surface area contributed by atoms with E-state index < -0.39 is 23.8 Å². The monoisotopic (exact) mass is 519 g/mol. The number of amides is 3. The van der Waals surface area contributed by atoms with E-state index in [-0.39, 0.29) is 23.6 Å². The van der Waals surface area contributed by atoms with Crippen molar-refractivity contribution in [3.05, 3.63) is 29.3 Å². The number of hydrogen-bond donors (Lipinski definition) is 3. The lowest BCUT2D eigenvalue weighted by atomic mass is 9.99. The van der Waals surface area contributed by atoms with E-state index in [4.69, 9.17) is 4.74 Å². The number of aryl methyl sites for hydroxylation is 1. The summed E-state index contributed by atoms with van der Waals surface area (Å²) >= 11 is 0. The molecule has 3 unspecified atom stereocenters. The van der Waals surface area contributed by atoms with Gasteiger partial charge in [0.2, 0.25) is 11.8 Å². The van der Waals surface area contributed by atoms with Crippen molar-refractivity contribution in [2.24, 2.45) is 0 Å². The number of aromatic hydroxyl groups is 1. The Balaban J connectivity index is 3.36. The Hall–Kier alpha value is -2.77. The highest BCUT2D eigenvalue weighted by molar-refractivity contribution is 5.92. The van der Waals surface area contributed by atoms with Gasteiger partial charge in [-0.3, -0.25) is 9.59 Å². The normalized spacial score (nSPS) is 13.8. The minimum atomic E-state index is -0.903. The zero-order chi connectivity index (χ0) is 28.2. The SMILES string of the molecule is CCCCCCCN(C(=O)C(C)NC(=O)OC(C)(C)C)C(C(=O)NC(C)CCC)c1ccc(O)c(C)c1. The van der Waals surface area contributed by atoms with Crippen molar-refractivity contribution in [1.82, 2.24) is 15.5 Å². The number of hydrogen-bond acceptors (Lipinski definition) is 5. The molecule has 0 aliphatic rings. The molecule has 0 heterocycles. The zero-order valence-corrected chi connectivity index (χ0v) is 24.1. The highest BCUT2D eigenvalue weighted by Crippen LogP contribution is 2.28. The quantitative estimate of drug-likeness (QED) is 0.271. The van der Waals surface area contributed by atoms with E-state index in [9.17, 15) is 19.5 Å². The minimum absolute atomic E-state index is 0.0583. The number of benzene rings is 1. The second-order valence-electron chi connectivity index (χ2n) is 11.0. The van der Waals surface area contributed by atoms with Gasteiger partial charge in [-0.25, -0.2) is 4.79 Å². The molecule has 3 amide bonds. The Morgan fingerprint density at radius 3 is 2.22 bits per heavy atom. The molecule has 0 aromatic heterocycles. The van der Waals surface area contributed by atoms with Crippen molar-refractivity contribution in [3.63, 3.8) is 0 Å². The molecule has 0 aliphatic carbocycles. The van der Waals surface area contributed by atoms with Crippen molar-refractivity contribution >= 4 is 17.9 Å². The van der Waals surface area contributed by atoms with Gasteiger partial charge in [-0.1, -0.05) is 52.0 Å². The second-order valence-corrected chi connectivity index (χ2v) is 11.0. The topological polar surface area (TPSA) is 108 Å². The van der Waals surface area contributed by atoms with Crippen LogP contribution in [0.25, 0.3) is 0 Å². The van der Waals surface area contributed by atoms with Crippen molar-refractivity contribution in [3.8, 4) is 5.75 Å². The van der Waals surface area contributed by atoms with E-state index in [1.807, 2.05) is 6.92 Å². The lowest BCUT2D eigenvalue weighted by Gasteiger charge is -2.34. The van der Waals surface area contributed by atoms with Gasteiger partial charge in [0.15, 0.2) is 0 Å². The number of rotatable bonds is 14. The third-order valence-corrected chi connectivity index (χ3v) is 6.10. The first-order chi connectivity index (χ1) is 17.3. The summed E-state index contributed by atoms with van der Waals surface area (Å²) in [5.74, 6) is -0.521. The maximum absolute atomic E-state index is 13.8. The first kappa shape index (κ1) is 32.3. The van der Waals surface area contributed by atoms with Crippen LogP contribution in [0.4, 0.5) is 4.79 Å². The molecule has 37 heavy (non-hydrogen) atoms. The molecule has 8 heteroatoms. The predicted octanol–water partition coefficient (Wildman–Crippen LogP) is 5.76. The van der Waals surface area contributed by atoms with Crippen molar-refractivity contribution in [2.75, 3.05) is 6.54 Å². The standard InChI is InChI=1S/C29H49N3O5/c1-9-11-12-13-14-18-32(27(35)22(5)31-28(36)37-29(6,7)8)25(26(34)30-21(4)15-10-2)23-16-17-24(33)20(3)19-23/h16-17,19,21-22,25,33H,9-15,18H2,1-8H3,(H,30,34)(H,31,36). The van der Waals surface area contributed by atoms with Gasteiger partial charge in [0.05, 0.1) is 0 Å². The molecule has 3 N–H and O–H groups in total. The van der Waals surface area contributed by atoms with Crippen LogP contribution < -0.4 is 10.6 Å². The molecule has 1 aromatic carbocycles.